The van der Waals surface area contributed by atoms with Crippen molar-refractivity contribution < 1.29 is 19.4 Å². The lowest BCUT2D eigenvalue weighted by Crippen LogP contribution is -2.24. The maximum Gasteiger partial charge on any atom is 0.708 e. The number of rotatable bonds is 7. The van der Waals surface area contributed by atoms with Gasteiger partial charge in [-0.15, -0.1) is 0 Å². The second-order valence-corrected chi connectivity index (χ2v) is 10.6. The van der Waals surface area contributed by atoms with Crippen LogP contribution >= 0.6 is 0 Å². The Morgan fingerprint density at radius 2 is 2.12 bits per heavy atom. The van der Waals surface area contributed by atoms with Crippen molar-refractivity contribution in [1.29, 1.82) is 0 Å². The van der Waals surface area contributed by atoms with E-state index in [1.165, 1.54) is 10.9 Å². The number of ether oxygens (including phenoxy) is 1. The van der Waals surface area contributed by atoms with Crippen molar-refractivity contribution in [3.8, 4) is 5.88 Å². The zero-order valence-electron chi connectivity index (χ0n) is 10.5. The van der Waals surface area contributed by atoms with Gasteiger partial charge in [-0.25, -0.2) is 4.68 Å². The van der Waals surface area contributed by atoms with Crippen molar-refractivity contribution >= 4 is 15.4 Å². The molecule has 8 heteroatoms. The van der Waals surface area contributed by atoms with E-state index in [9.17, 15) is 0 Å². The molecule has 0 atom stereocenters. The highest BCUT2D eigenvalue weighted by molar-refractivity contribution is 6.76. The van der Waals surface area contributed by atoms with E-state index in [0.717, 1.165) is 6.04 Å². The topological polar surface area (TPSA) is 76.7 Å². The Balaban J connectivity index is 2.34. The van der Waals surface area contributed by atoms with E-state index < -0.39 is 15.4 Å². The summed E-state index contributed by atoms with van der Waals surface area (Å²) in [6.45, 7) is 7.76. The van der Waals surface area contributed by atoms with Crippen LogP contribution in [0.4, 0.5) is 0 Å². The highest BCUT2D eigenvalue weighted by atomic mass is 28.3. The van der Waals surface area contributed by atoms with Gasteiger partial charge in [-0.1, -0.05) is 19.6 Å². The van der Waals surface area contributed by atoms with E-state index >= 15 is 0 Å². The minimum atomic E-state index is -1.84. The predicted octanol–water partition coefficient (Wildman–Crippen LogP) is 0.544. The van der Waals surface area contributed by atoms with E-state index in [-0.39, 0.29) is 12.6 Å². The molecule has 0 unspecified atom stereocenters. The fourth-order valence-electron chi connectivity index (χ4n) is 1.15. The van der Waals surface area contributed by atoms with Crippen LogP contribution in [0.5, 0.6) is 5.88 Å². The second kappa shape index (κ2) is 6.20. The van der Waals surface area contributed by atoms with Crippen molar-refractivity contribution in [3.63, 3.8) is 0 Å². The standard InChI is InChI=1S/C9H19BN2O4Si/c1-17(2,3)7-6-15-8-12-9(4-5-11-12)16-10(13)14/h4-5,13-14H,6-8H2,1-3H3. The van der Waals surface area contributed by atoms with Gasteiger partial charge in [-0.05, 0) is 6.04 Å². The third kappa shape index (κ3) is 5.87. The van der Waals surface area contributed by atoms with Gasteiger partial charge in [0.05, 0.1) is 6.20 Å². The van der Waals surface area contributed by atoms with Gasteiger partial charge >= 0.3 is 7.32 Å². The fourth-order valence-corrected chi connectivity index (χ4v) is 1.91. The Labute approximate surface area is 102 Å². The zero-order valence-corrected chi connectivity index (χ0v) is 11.5. The molecular weight excluding hydrogens is 239 g/mol. The van der Waals surface area contributed by atoms with Gasteiger partial charge in [0.1, 0.15) is 6.73 Å². The predicted molar refractivity (Wildman–Crippen MR) is 67.2 cm³/mol. The molecule has 2 N–H and O–H groups in total. The van der Waals surface area contributed by atoms with Crippen LogP contribution in [0, 0.1) is 0 Å². The Kier molecular flexibility index (Phi) is 5.19. The summed E-state index contributed by atoms with van der Waals surface area (Å²) in [7, 11) is -2.93. The van der Waals surface area contributed by atoms with Crippen LogP contribution in [0.25, 0.3) is 0 Å². The second-order valence-electron chi connectivity index (χ2n) is 4.96. The molecule has 0 saturated heterocycles. The average molecular weight is 258 g/mol. The van der Waals surface area contributed by atoms with Gasteiger partial charge in [0, 0.05) is 20.7 Å². The number of hydrogen-bond donors (Lipinski definition) is 2. The summed E-state index contributed by atoms with van der Waals surface area (Å²) in [5.41, 5.74) is 0. The summed E-state index contributed by atoms with van der Waals surface area (Å²) in [4.78, 5) is 0. The van der Waals surface area contributed by atoms with Gasteiger partial charge in [0.15, 0.2) is 5.88 Å². The Bertz CT molecular complexity index is 340. The lowest BCUT2D eigenvalue weighted by molar-refractivity contribution is 0.0731. The largest absolute Gasteiger partial charge is 0.708 e. The van der Waals surface area contributed by atoms with E-state index in [1.807, 2.05) is 0 Å². The first-order valence-electron chi connectivity index (χ1n) is 5.51. The molecule has 0 amide bonds. The SMILES string of the molecule is C[Si](C)(C)CCOCn1nccc1OB(O)O. The lowest BCUT2D eigenvalue weighted by atomic mass is 10.3. The monoisotopic (exact) mass is 258 g/mol. The molecule has 1 rings (SSSR count). The molecule has 0 aromatic carbocycles. The molecule has 0 aliphatic rings. The summed E-state index contributed by atoms with van der Waals surface area (Å²) in [5.74, 6) is 0.271. The molecule has 17 heavy (non-hydrogen) atoms. The van der Waals surface area contributed by atoms with Crippen molar-refractivity contribution in [2.75, 3.05) is 6.61 Å². The van der Waals surface area contributed by atoms with Gasteiger partial charge in [0.2, 0.25) is 0 Å². The molecule has 1 aromatic heterocycles. The van der Waals surface area contributed by atoms with Crippen molar-refractivity contribution in [1.82, 2.24) is 9.78 Å². The first-order valence-corrected chi connectivity index (χ1v) is 9.21. The summed E-state index contributed by atoms with van der Waals surface area (Å²) in [6.07, 6.45) is 1.51. The smallest absolute Gasteiger partial charge is 0.498 e. The minimum absolute atomic E-state index is 0.250. The Morgan fingerprint density at radius 1 is 1.41 bits per heavy atom. The maximum absolute atomic E-state index is 8.68. The van der Waals surface area contributed by atoms with Gasteiger partial charge in [0.25, 0.3) is 0 Å². The van der Waals surface area contributed by atoms with Crippen LogP contribution in [0.2, 0.25) is 25.7 Å². The summed E-state index contributed by atoms with van der Waals surface area (Å²) < 4.78 is 11.6. The molecular formula is C9H19BN2O4Si. The number of aromatic nitrogens is 2. The molecule has 0 saturated carbocycles. The minimum Gasteiger partial charge on any atom is -0.498 e. The summed E-state index contributed by atoms with van der Waals surface area (Å²) in [5, 5.41) is 21.3. The molecule has 6 nitrogen and oxygen atoms in total. The van der Waals surface area contributed by atoms with E-state index in [2.05, 4.69) is 24.7 Å². The highest BCUT2D eigenvalue weighted by Gasteiger charge is 2.15. The van der Waals surface area contributed by atoms with Crippen LogP contribution in [0.3, 0.4) is 0 Å². The lowest BCUT2D eigenvalue weighted by Gasteiger charge is -2.15. The van der Waals surface area contributed by atoms with Crippen LogP contribution in [-0.4, -0.2) is 41.8 Å². The fraction of sp³-hybridized carbons (Fsp3) is 0.667. The maximum atomic E-state index is 8.68. The molecule has 0 spiro atoms. The van der Waals surface area contributed by atoms with E-state index in [4.69, 9.17) is 19.4 Å². The summed E-state index contributed by atoms with van der Waals surface area (Å²) >= 11 is 0. The van der Waals surface area contributed by atoms with Crippen LogP contribution in [0.1, 0.15) is 0 Å². The molecule has 0 fully saturated rings. The Hall–Kier alpha value is -0.828. The molecule has 1 heterocycles. The molecule has 0 aliphatic carbocycles. The number of hydrogen-bond acceptors (Lipinski definition) is 5. The van der Waals surface area contributed by atoms with Crippen molar-refractivity contribution in [2.24, 2.45) is 0 Å². The zero-order chi connectivity index (χ0) is 12.9. The van der Waals surface area contributed by atoms with Gasteiger partial charge in [-0.2, -0.15) is 5.10 Å². The molecule has 0 aliphatic heterocycles. The number of nitrogens with zero attached hydrogens (tertiary/aromatic N) is 2. The van der Waals surface area contributed by atoms with Gasteiger partial charge < -0.3 is 19.4 Å². The van der Waals surface area contributed by atoms with Gasteiger partial charge in [-0.3, -0.25) is 0 Å². The molecule has 1 aromatic rings. The van der Waals surface area contributed by atoms with E-state index in [0.29, 0.717) is 6.61 Å². The van der Waals surface area contributed by atoms with E-state index in [1.54, 1.807) is 6.07 Å². The quantitative estimate of drug-likeness (QED) is 0.551. The average Bonchev–Trinajstić information content (AvgIpc) is 2.58. The molecule has 96 valence electrons. The van der Waals surface area contributed by atoms with Crippen molar-refractivity contribution in [2.45, 2.75) is 32.4 Å². The first kappa shape index (κ1) is 14.2. The third-order valence-corrected chi connectivity index (χ3v) is 3.82. The van der Waals surface area contributed by atoms with Crippen LogP contribution in [-0.2, 0) is 11.5 Å². The Morgan fingerprint density at radius 3 is 2.71 bits per heavy atom. The first-order chi connectivity index (χ1) is 7.88. The normalized spacial score (nSPS) is 11.6. The summed E-state index contributed by atoms with van der Waals surface area (Å²) in [6, 6.07) is 2.62. The molecule has 0 bridgehead atoms. The van der Waals surface area contributed by atoms with Crippen LogP contribution in [0.15, 0.2) is 12.3 Å². The van der Waals surface area contributed by atoms with Crippen LogP contribution < -0.4 is 4.65 Å². The highest BCUT2D eigenvalue weighted by Crippen LogP contribution is 2.11. The third-order valence-electron chi connectivity index (χ3n) is 2.11. The van der Waals surface area contributed by atoms with Crippen molar-refractivity contribution in [3.05, 3.63) is 12.3 Å². The molecule has 0 radical (unpaired) electrons.